The van der Waals surface area contributed by atoms with E-state index in [0.717, 1.165) is 83.5 Å². The van der Waals surface area contributed by atoms with Crippen LogP contribution in [0.5, 0.6) is 0 Å². The summed E-state index contributed by atoms with van der Waals surface area (Å²) < 4.78 is 34.7. The Kier molecular flexibility index (Phi) is 67.9. The van der Waals surface area contributed by atoms with Crippen molar-refractivity contribution in [2.75, 3.05) is 47.5 Å². The summed E-state index contributed by atoms with van der Waals surface area (Å²) in [5, 5.41) is 0. The average Bonchev–Trinajstić information content (AvgIpc) is 3.61. The minimum Gasteiger partial charge on any atom is -0.462 e. The third kappa shape index (κ3) is 74.0. The van der Waals surface area contributed by atoms with Crippen molar-refractivity contribution in [1.82, 2.24) is 0 Å². The van der Waals surface area contributed by atoms with Crippen LogP contribution in [0.2, 0.25) is 0 Å². The fraction of sp³-hybridized carbons (Fsp3) is 0.775. The molecule has 0 radical (unpaired) electrons. The number of hydrogen-bond donors (Lipinski definition) is 1. The summed E-state index contributed by atoms with van der Waals surface area (Å²) in [5.41, 5.74) is 0. The zero-order valence-electron chi connectivity index (χ0n) is 59.6. The van der Waals surface area contributed by atoms with Crippen molar-refractivity contribution in [1.29, 1.82) is 0 Å². The third-order valence-corrected chi connectivity index (χ3v) is 17.6. The Labute approximate surface area is 557 Å². The van der Waals surface area contributed by atoms with Gasteiger partial charge in [0.05, 0.1) is 27.7 Å². The lowest BCUT2D eigenvalue weighted by Crippen LogP contribution is -2.37. The Balaban J connectivity index is 3.99. The van der Waals surface area contributed by atoms with Gasteiger partial charge in [-0.2, -0.15) is 0 Å². The van der Waals surface area contributed by atoms with Crippen molar-refractivity contribution in [3.8, 4) is 0 Å². The molecule has 0 spiro atoms. The molecule has 0 aliphatic carbocycles. The van der Waals surface area contributed by atoms with Crippen LogP contribution in [0.1, 0.15) is 348 Å². The molecule has 10 heteroatoms. The molecule has 0 saturated heterocycles. The minimum atomic E-state index is -4.41. The summed E-state index contributed by atoms with van der Waals surface area (Å²) in [7, 11) is 1.45. The zero-order valence-corrected chi connectivity index (χ0v) is 60.5. The molecule has 1 N–H and O–H groups in total. The van der Waals surface area contributed by atoms with E-state index >= 15 is 0 Å². The second kappa shape index (κ2) is 70.3. The number of rotatable bonds is 70. The Morgan fingerprint density at radius 1 is 0.356 bits per heavy atom. The topological polar surface area (TPSA) is 108 Å². The fourth-order valence-electron chi connectivity index (χ4n) is 10.9. The highest BCUT2D eigenvalue weighted by atomic mass is 31.2. The molecule has 0 amide bonds. The molecule has 0 aliphatic rings. The number of quaternary nitrogens is 1. The van der Waals surface area contributed by atoms with Crippen molar-refractivity contribution >= 4 is 19.8 Å². The van der Waals surface area contributed by atoms with E-state index in [0.29, 0.717) is 17.4 Å². The van der Waals surface area contributed by atoms with Gasteiger partial charge in [-0.05, 0) is 77.0 Å². The van der Waals surface area contributed by atoms with Crippen LogP contribution >= 0.6 is 7.82 Å². The van der Waals surface area contributed by atoms with E-state index < -0.39 is 26.5 Å². The van der Waals surface area contributed by atoms with Crippen LogP contribution in [0, 0.1) is 0 Å². The Morgan fingerprint density at radius 2 is 0.633 bits per heavy atom. The number of esters is 2. The number of phosphoric acid groups is 1. The van der Waals surface area contributed by atoms with Crippen LogP contribution in [0.3, 0.4) is 0 Å². The fourth-order valence-corrected chi connectivity index (χ4v) is 11.6. The number of ether oxygens (including phenoxy) is 2. The largest absolute Gasteiger partial charge is 0.472 e. The molecule has 0 saturated carbocycles. The number of hydrogen-bond acceptors (Lipinski definition) is 7. The van der Waals surface area contributed by atoms with Crippen molar-refractivity contribution < 1.29 is 42.1 Å². The lowest BCUT2D eigenvalue weighted by atomic mass is 10.0. The first-order valence-corrected chi connectivity index (χ1v) is 39.5. The van der Waals surface area contributed by atoms with E-state index in [-0.39, 0.29) is 32.0 Å². The van der Waals surface area contributed by atoms with E-state index in [1.54, 1.807) is 0 Å². The van der Waals surface area contributed by atoms with Crippen LogP contribution in [0.25, 0.3) is 0 Å². The van der Waals surface area contributed by atoms with Crippen LogP contribution in [-0.4, -0.2) is 74.9 Å². The number of carbonyl (C=O) groups excluding carboxylic acids is 2. The van der Waals surface area contributed by atoms with Gasteiger partial charge >= 0.3 is 19.8 Å². The molecule has 9 nitrogen and oxygen atoms in total. The van der Waals surface area contributed by atoms with E-state index in [2.05, 4.69) is 111 Å². The van der Waals surface area contributed by atoms with Crippen LogP contribution in [-0.2, 0) is 32.7 Å². The predicted molar refractivity (Wildman–Crippen MR) is 390 cm³/mol. The SMILES string of the molecule is CC/C=C\C/C=C\C/C=C\C/C=C\C/C=C\C/C=C\C/C=C\C/C=C\CCCCC(=O)OC(COC(=O)CCCCCCCCCCCCCCCCCCCCCCCCCCCCCCCCCCCCCCCCC)COP(=O)(O)OCC[N+](C)(C)C. The molecule has 0 aromatic heterocycles. The quantitative estimate of drug-likeness (QED) is 0.0211. The summed E-state index contributed by atoms with van der Waals surface area (Å²) in [5.74, 6) is -0.842. The maximum absolute atomic E-state index is 12.9. The summed E-state index contributed by atoms with van der Waals surface area (Å²) in [6, 6.07) is 0. The summed E-state index contributed by atoms with van der Waals surface area (Å²) >= 11 is 0. The Bertz CT molecular complexity index is 1840. The maximum Gasteiger partial charge on any atom is 0.472 e. The van der Waals surface area contributed by atoms with Gasteiger partial charge in [0.15, 0.2) is 6.10 Å². The van der Waals surface area contributed by atoms with Gasteiger partial charge in [0.1, 0.15) is 19.8 Å². The molecule has 2 unspecified atom stereocenters. The second-order valence-corrected chi connectivity index (χ2v) is 28.1. The van der Waals surface area contributed by atoms with Gasteiger partial charge in [0.2, 0.25) is 0 Å². The van der Waals surface area contributed by atoms with Crippen LogP contribution in [0.4, 0.5) is 0 Å². The lowest BCUT2D eigenvalue weighted by molar-refractivity contribution is -0.870. The van der Waals surface area contributed by atoms with Crippen molar-refractivity contribution in [3.05, 3.63) is 97.2 Å². The monoisotopic (exact) mass is 1280 g/mol. The maximum atomic E-state index is 12.9. The molecule has 0 fully saturated rings. The highest BCUT2D eigenvalue weighted by Crippen LogP contribution is 2.43. The molecule has 522 valence electrons. The predicted octanol–water partition coefficient (Wildman–Crippen LogP) is 25.1. The van der Waals surface area contributed by atoms with Gasteiger partial charge in [-0.3, -0.25) is 18.6 Å². The molecular weight excluding hydrogens is 1130 g/mol. The molecule has 0 rings (SSSR count). The first kappa shape index (κ1) is 86.9. The zero-order chi connectivity index (χ0) is 65.5. The summed E-state index contributed by atoms with van der Waals surface area (Å²) in [6.45, 7) is 4.31. The minimum absolute atomic E-state index is 0.0194. The number of likely N-dealkylation sites (N-methyl/N-ethyl adjacent to an activating group) is 1. The van der Waals surface area contributed by atoms with Crippen LogP contribution < -0.4 is 0 Å². The van der Waals surface area contributed by atoms with Gasteiger partial charge in [-0.25, -0.2) is 4.57 Å². The molecule has 0 aromatic rings. The average molecular weight is 1280 g/mol. The molecule has 90 heavy (non-hydrogen) atoms. The molecule has 0 bridgehead atoms. The van der Waals surface area contributed by atoms with E-state index in [9.17, 15) is 19.0 Å². The molecule has 0 aliphatic heterocycles. The first-order chi connectivity index (χ1) is 44.0. The summed E-state index contributed by atoms with van der Waals surface area (Å²) in [6.07, 6.45) is 98.5. The van der Waals surface area contributed by atoms with Gasteiger partial charge in [-0.15, -0.1) is 0 Å². The van der Waals surface area contributed by atoms with Crippen molar-refractivity contribution in [2.24, 2.45) is 0 Å². The first-order valence-electron chi connectivity index (χ1n) is 38.0. The lowest BCUT2D eigenvalue weighted by Gasteiger charge is -2.24. The van der Waals surface area contributed by atoms with E-state index in [1.165, 1.54) is 231 Å². The highest BCUT2D eigenvalue weighted by Gasteiger charge is 2.27. The van der Waals surface area contributed by atoms with Gasteiger partial charge < -0.3 is 18.9 Å². The smallest absolute Gasteiger partial charge is 0.462 e. The Morgan fingerprint density at radius 3 is 0.944 bits per heavy atom. The van der Waals surface area contributed by atoms with Gasteiger partial charge in [0, 0.05) is 12.8 Å². The molecular formula is C80H145NO8P+. The van der Waals surface area contributed by atoms with Gasteiger partial charge in [0.25, 0.3) is 0 Å². The third-order valence-electron chi connectivity index (χ3n) is 16.6. The Hall–Kier alpha value is -3.07. The molecule has 2 atom stereocenters. The number of nitrogens with zero attached hydrogens (tertiary/aromatic N) is 1. The number of unbranched alkanes of at least 4 members (excludes halogenated alkanes) is 40. The van der Waals surface area contributed by atoms with Crippen molar-refractivity contribution in [3.63, 3.8) is 0 Å². The second-order valence-electron chi connectivity index (χ2n) is 26.7. The molecule has 0 heterocycles. The van der Waals surface area contributed by atoms with Crippen LogP contribution in [0.15, 0.2) is 97.2 Å². The normalized spacial score (nSPS) is 13.6. The highest BCUT2D eigenvalue weighted by molar-refractivity contribution is 7.47. The number of carbonyl (C=O) groups is 2. The van der Waals surface area contributed by atoms with Crippen molar-refractivity contribution in [2.45, 2.75) is 354 Å². The number of phosphoric ester groups is 1. The number of allylic oxidation sites excluding steroid dienone is 16. The van der Waals surface area contributed by atoms with Gasteiger partial charge in [-0.1, -0.05) is 355 Å². The molecule has 0 aromatic carbocycles. The van der Waals surface area contributed by atoms with E-state index in [1.807, 2.05) is 21.1 Å². The standard InChI is InChI=1S/C80H144NO8P/c1-6-8-10-12-14-16-18-20-22-24-26-28-30-32-34-35-36-37-38-39-40-41-42-43-44-45-47-48-50-52-54-56-58-60-62-64-66-68-70-72-79(82)86-76-78(77-88-90(84,85)87-75-74-81(3,4)5)89-80(83)73-71-69-67-65-63-61-59-57-55-53-51-49-46-33-31-29-27-25-23-21-19-17-15-13-11-9-7-2/h9,11,15,17,21,23,27,29,33,46,51,53,57,59,63,65,78H,6-8,10,12-14,16,18-20,22,24-26,28,30-32,34-45,47-50,52,54-56,58,60-62,64,66-77H2,1-5H3/p+1/b11-9-,17-15-,23-21-,29-27-,46-33-,53-51-,59-57-,65-63-. The summed E-state index contributed by atoms with van der Waals surface area (Å²) in [4.78, 5) is 35.9. The van der Waals surface area contributed by atoms with E-state index in [4.69, 9.17) is 18.5 Å².